The minimum atomic E-state index is -1.26. The van der Waals surface area contributed by atoms with Gasteiger partial charge in [0.05, 0.1) is 5.56 Å². The summed E-state index contributed by atoms with van der Waals surface area (Å²) in [5, 5.41) is 12.1. The van der Waals surface area contributed by atoms with Crippen molar-refractivity contribution in [2.24, 2.45) is 0 Å². The number of hydrogen-bond acceptors (Lipinski definition) is 2. The predicted octanol–water partition coefficient (Wildman–Crippen LogP) is 3.57. The zero-order valence-electron chi connectivity index (χ0n) is 12.4. The molecule has 21 heavy (non-hydrogen) atoms. The summed E-state index contributed by atoms with van der Waals surface area (Å²) >= 11 is 0. The fraction of sp³-hybridized carbons (Fsp3) is 0.312. The molecule has 0 radical (unpaired) electrons. The van der Waals surface area contributed by atoms with Crippen molar-refractivity contribution in [2.75, 3.05) is 5.32 Å². The third-order valence-electron chi connectivity index (χ3n) is 3.67. The van der Waals surface area contributed by atoms with Gasteiger partial charge in [-0.25, -0.2) is 9.18 Å². The maximum atomic E-state index is 13.3. The molecule has 2 N–H and O–H groups in total. The monoisotopic (exact) mass is 290 g/mol. The first-order chi connectivity index (χ1) is 9.93. The molecule has 4 nitrogen and oxygen atoms in total. The Morgan fingerprint density at radius 1 is 1.33 bits per heavy atom. The van der Waals surface area contributed by atoms with Gasteiger partial charge in [0.1, 0.15) is 5.82 Å². The zero-order chi connectivity index (χ0) is 15.6. The van der Waals surface area contributed by atoms with E-state index in [0.717, 1.165) is 12.1 Å². The van der Waals surface area contributed by atoms with Crippen LogP contribution in [0.1, 0.15) is 34.2 Å². The van der Waals surface area contributed by atoms with Crippen molar-refractivity contribution >= 4 is 11.7 Å². The van der Waals surface area contributed by atoms with E-state index in [1.807, 2.05) is 0 Å². The van der Waals surface area contributed by atoms with Crippen molar-refractivity contribution in [2.45, 2.75) is 33.9 Å². The number of benzene rings is 1. The van der Waals surface area contributed by atoms with E-state index in [9.17, 15) is 9.18 Å². The van der Waals surface area contributed by atoms with Gasteiger partial charge in [0.2, 0.25) is 0 Å². The number of aromatic nitrogens is 1. The fourth-order valence-electron chi connectivity index (χ4n) is 2.53. The molecule has 0 bridgehead atoms. The standard InChI is InChI=1S/C16H19FN2O2/c1-4-19-10(2)7-12(11(19)3)9-18-13-5-6-15(17)14(8-13)16(20)21/h5-8,18H,4,9H2,1-3H3,(H,20,21). The molecule has 0 saturated carbocycles. The smallest absolute Gasteiger partial charge is 0.338 e. The molecule has 0 fully saturated rings. The number of carboxylic acids is 1. The normalized spacial score (nSPS) is 10.7. The lowest BCUT2D eigenvalue weighted by Gasteiger charge is -2.09. The second-order valence-electron chi connectivity index (χ2n) is 4.99. The molecule has 112 valence electrons. The third kappa shape index (κ3) is 3.07. The van der Waals surface area contributed by atoms with E-state index < -0.39 is 11.8 Å². The summed E-state index contributed by atoms with van der Waals surface area (Å²) in [5.74, 6) is -1.99. The van der Waals surface area contributed by atoms with Gasteiger partial charge in [-0.05, 0) is 50.6 Å². The summed E-state index contributed by atoms with van der Waals surface area (Å²) in [5.41, 5.74) is 3.80. The highest BCUT2D eigenvalue weighted by atomic mass is 19.1. The molecular weight excluding hydrogens is 271 g/mol. The van der Waals surface area contributed by atoms with Crippen LogP contribution in [0.5, 0.6) is 0 Å². The van der Waals surface area contributed by atoms with Crippen LogP contribution in [0.2, 0.25) is 0 Å². The first kappa shape index (κ1) is 15.1. The van der Waals surface area contributed by atoms with Crippen LogP contribution in [-0.2, 0) is 13.1 Å². The minimum absolute atomic E-state index is 0.320. The van der Waals surface area contributed by atoms with E-state index in [2.05, 4.69) is 36.7 Å². The Bertz CT molecular complexity index is 677. The molecule has 0 aliphatic heterocycles. The van der Waals surface area contributed by atoms with E-state index >= 15 is 0 Å². The topological polar surface area (TPSA) is 54.3 Å². The molecule has 1 aromatic carbocycles. The second-order valence-corrected chi connectivity index (χ2v) is 4.99. The fourth-order valence-corrected chi connectivity index (χ4v) is 2.53. The molecule has 0 saturated heterocycles. The Morgan fingerprint density at radius 3 is 2.62 bits per heavy atom. The van der Waals surface area contributed by atoms with Gasteiger partial charge in [0.15, 0.2) is 0 Å². The largest absolute Gasteiger partial charge is 0.478 e. The number of aryl methyl sites for hydroxylation is 1. The molecule has 2 aromatic rings. The Hall–Kier alpha value is -2.30. The number of rotatable bonds is 5. The minimum Gasteiger partial charge on any atom is -0.478 e. The van der Waals surface area contributed by atoms with E-state index in [4.69, 9.17) is 5.11 Å². The molecule has 0 unspecified atom stereocenters. The number of halogens is 1. The molecule has 5 heteroatoms. The SMILES string of the molecule is CCn1c(C)cc(CNc2ccc(F)c(C(=O)O)c2)c1C. The third-order valence-corrected chi connectivity index (χ3v) is 3.67. The Balaban J connectivity index is 2.17. The lowest BCUT2D eigenvalue weighted by atomic mass is 10.1. The summed E-state index contributed by atoms with van der Waals surface area (Å²) < 4.78 is 15.6. The highest BCUT2D eigenvalue weighted by Gasteiger charge is 2.11. The number of anilines is 1. The number of aromatic carboxylic acids is 1. The highest BCUT2D eigenvalue weighted by Crippen LogP contribution is 2.19. The van der Waals surface area contributed by atoms with Gasteiger partial charge in [-0.3, -0.25) is 0 Å². The van der Waals surface area contributed by atoms with Crippen LogP contribution in [0.3, 0.4) is 0 Å². The molecule has 0 spiro atoms. The Kier molecular flexibility index (Phi) is 4.31. The van der Waals surface area contributed by atoms with Crippen molar-refractivity contribution < 1.29 is 14.3 Å². The molecule has 2 rings (SSSR count). The highest BCUT2D eigenvalue weighted by molar-refractivity contribution is 5.89. The number of nitrogens with zero attached hydrogens (tertiary/aromatic N) is 1. The lowest BCUT2D eigenvalue weighted by molar-refractivity contribution is 0.0692. The van der Waals surface area contributed by atoms with E-state index in [-0.39, 0.29) is 5.56 Å². The molecule has 1 aromatic heterocycles. The van der Waals surface area contributed by atoms with Crippen LogP contribution in [0.4, 0.5) is 10.1 Å². The van der Waals surface area contributed by atoms with Gasteiger partial charge in [-0.15, -0.1) is 0 Å². The van der Waals surface area contributed by atoms with Crippen LogP contribution in [0.25, 0.3) is 0 Å². The average Bonchev–Trinajstić information content (AvgIpc) is 2.71. The van der Waals surface area contributed by atoms with Crippen molar-refractivity contribution in [1.29, 1.82) is 0 Å². The maximum absolute atomic E-state index is 13.3. The van der Waals surface area contributed by atoms with Gasteiger partial charge >= 0.3 is 5.97 Å². The zero-order valence-corrected chi connectivity index (χ0v) is 12.4. The summed E-state index contributed by atoms with van der Waals surface area (Å²) in [4.78, 5) is 10.9. The number of hydrogen-bond donors (Lipinski definition) is 2. The van der Waals surface area contributed by atoms with Crippen LogP contribution in [0, 0.1) is 19.7 Å². The molecule has 0 aliphatic rings. The lowest BCUT2D eigenvalue weighted by Crippen LogP contribution is -2.05. The molecule has 0 amide bonds. The summed E-state index contributed by atoms with van der Waals surface area (Å²) in [6.07, 6.45) is 0. The first-order valence-electron chi connectivity index (χ1n) is 6.86. The van der Waals surface area contributed by atoms with Gasteiger partial charge in [0.25, 0.3) is 0 Å². The van der Waals surface area contributed by atoms with Gasteiger partial charge in [0, 0.05) is 30.2 Å². The van der Waals surface area contributed by atoms with Crippen LogP contribution in [0.15, 0.2) is 24.3 Å². The van der Waals surface area contributed by atoms with Crippen LogP contribution in [-0.4, -0.2) is 15.6 Å². The summed E-state index contributed by atoms with van der Waals surface area (Å²) in [6.45, 7) is 7.69. The maximum Gasteiger partial charge on any atom is 0.338 e. The van der Waals surface area contributed by atoms with Crippen LogP contribution < -0.4 is 5.32 Å². The molecular formula is C16H19FN2O2. The Labute approximate surface area is 123 Å². The molecule has 0 aliphatic carbocycles. The van der Waals surface area contributed by atoms with Crippen molar-refractivity contribution in [3.8, 4) is 0 Å². The van der Waals surface area contributed by atoms with Crippen molar-refractivity contribution in [3.63, 3.8) is 0 Å². The van der Waals surface area contributed by atoms with Gasteiger partial charge in [-0.1, -0.05) is 0 Å². The van der Waals surface area contributed by atoms with Gasteiger partial charge < -0.3 is 15.0 Å². The van der Waals surface area contributed by atoms with Crippen molar-refractivity contribution in [3.05, 3.63) is 52.6 Å². The Morgan fingerprint density at radius 2 is 2.05 bits per heavy atom. The predicted molar refractivity (Wildman–Crippen MR) is 80.3 cm³/mol. The van der Waals surface area contributed by atoms with Crippen LogP contribution >= 0.6 is 0 Å². The van der Waals surface area contributed by atoms with Crippen molar-refractivity contribution in [1.82, 2.24) is 4.57 Å². The quantitative estimate of drug-likeness (QED) is 0.885. The number of nitrogens with one attached hydrogen (secondary N) is 1. The summed E-state index contributed by atoms with van der Waals surface area (Å²) in [6, 6.07) is 6.13. The van der Waals surface area contributed by atoms with E-state index in [0.29, 0.717) is 12.2 Å². The first-order valence-corrected chi connectivity index (χ1v) is 6.86. The van der Waals surface area contributed by atoms with Gasteiger partial charge in [-0.2, -0.15) is 0 Å². The molecule has 1 heterocycles. The van der Waals surface area contributed by atoms with E-state index in [1.165, 1.54) is 23.5 Å². The summed E-state index contributed by atoms with van der Waals surface area (Å²) in [7, 11) is 0. The second kappa shape index (κ2) is 5.99. The number of carboxylic acid groups (broad SMARTS) is 1. The number of carbonyl (C=O) groups is 1. The average molecular weight is 290 g/mol. The molecule has 0 atom stereocenters. The van der Waals surface area contributed by atoms with E-state index in [1.54, 1.807) is 6.07 Å².